The molecule has 24 heavy (non-hydrogen) atoms. The summed E-state index contributed by atoms with van der Waals surface area (Å²) in [5.41, 5.74) is -1.79. The maximum atomic E-state index is 12.8. The topological polar surface area (TPSA) is 32.3 Å². The number of hydrogen-bond acceptors (Lipinski definition) is 2. The van der Waals surface area contributed by atoms with Gasteiger partial charge in [0.2, 0.25) is 0 Å². The van der Waals surface area contributed by atoms with E-state index >= 15 is 0 Å². The number of nitrogens with one attached hydrogen (secondary N) is 1. The van der Waals surface area contributed by atoms with E-state index in [4.69, 9.17) is 0 Å². The molecule has 3 nitrogen and oxygen atoms in total. The molecule has 0 aliphatic carbocycles. The van der Waals surface area contributed by atoms with Crippen molar-refractivity contribution in [2.24, 2.45) is 0 Å². The fourth-order valence-electron chi connectivity index (χ4n) is 1.86. The van der Waals surface area contributed by atoms with Crippen molar-refractivity contribution >= 4 is 17.3 Å². The average Bonchev–Trinajstić information content (AvgIpc) is 2.45. The molecule has 0 saturated heterocycles. The van der Waals surface area contributed by atoms with E-state index in [-0.39, 0.29) is 18.8 Å². The molecule has 0 aromatic heterocycles. The lowest BCUT2D eigenvalue weighted by Gasteiger charge is -2.25. The Morgan fingerprint density at radius 1 is 1.08 bits per heavy atom. The van der Waals surface area contributed by atoms with Gasteiger partial charge in [0.25, 0.3) is 0 Å². The number of rotatable bonds is 6. The molecule has 0 atom stereocenters. The second-order valence-corrected chi connectivity index (χ2v) is 4.66. The summed E-state index contributed by atoms with van der Waals surface area (Å²) in [4.78, 5) is 12.5. The number of halogens is 6. The Kier molecular flexibility index (Phi) is 6.05. The lowest BCUT2D eigenvalue weighted by Crippen LogP contribution is -2.32. The monoisotopic (exact) mass is 352 g/mol. The highest BCUT2D eigenvalue weighted by Crippen LogP contribution is 2.36. The van der Waals surface area contributed by atoms with E-state index < -0.39 is 29.5 Å². The largest absolute Gasteiger partial charge is 0.471 e. The standard InChI is InChI=1S/C15H14F6N2O/c1-3-7-23(8-4-2)12-6-5-10(14(16,17)18)9-11(12)22-13(24)15(19,20)21/h3-6,9H,1-2,7-8H2,(H,22,24). The van der Waals surface area contributed by atoms with Crippen LogP contribution in [0.2, 0.25) is 0 Å². The van der Waals surface area contributed by atoms with Crippen molar-refractivity contribution in [3.63, 3.8) is 0 Å². The van der Waals surface area contributed by atoms with Gasteiger partial charge in [0, 0.05) is 13.1 Å². The summed E-state index contributed by atoms with van der Waals surface area (Å²) in [5, 5.41) is 1.49. The third-order valence-corrected chi connectivity index (χ3v) is 2.87. The number of carbonyl (C=O) groups excluding carboxylic acids is 1. The number of benzene rings is 1. The molecule has 1 aromatic carbocycles. The predicted octanol–water partition coefficient (Wildman–Crippen LogP) is 4.38. The first kappa shape index (κ1) is 19.6. The minimum atomic E-state index is -5.23. The molecule has 0 radical (unpaired) electrons. The molecule has 132 valence electrons. The van der Waals surface area contributed by atoms with Crippen LogP contribution in [-0.2, 0) is 11.0 Å². The van der Waals surface area contributed by atoms with E-state index in [1.165, 1.54) is 22.4 Å². The summed E-state index contributed by atoms with van der Waals surface area (Å²) in [7, 11) is 0. The smallest absolute Gasteiger partial charge is 0.362 e. The molecule has 9 heteroatoms. The van der Waals surface area contributed by atoms with Crippen molar-refractivity contribution in [2.75, 3.05) is 23.3 Å². The molecule has 0 heterocycles. The van der Waals surface area contributed by atoms with Gasteiger partial charge in [-0.3, -0.25) is 4.79 Å². The van der Waals surface area contributed by atoms with Crippen LogP contribution in [0.5, 0.6) is 0 Å². The summed E-state index contributed by atoms with van der Waals surface area (Å²) in [6.07, 6.45) is -7.17. The van der Waals surface area contributed by atoms with E-state index in [1.54, 1.807) is 0 Å². The Morgan fingerprint density at radius 2 is 1.62 bits per heavy atom. The summed E-state index contributed by atoms with van der Waals surface area (Å²) in [5.74, 6) is -2.36. The molecule has 0 fully saturated rings. The highest BCUT2D eigenvalue weighted by atomic mass is 19.4. The molecule has 0 unspecified atom stereocenters. The number of hydrogen-bond donors (Lipinski definition) is 1. The van der Waals surface area contributed by atoms with Crippen LogP contribution < -0.4 is 10.2 Å². The predicted molar refractivity (Wildman–Crippen MR) is 78.7 cm³/mol. The number of amides is 1. The van der Waals surface area contributed by atoms with Gasteiger partial charge in [0.15, 0.2) is 0 Å². The number of alkyl halides is 6. The van der Waals surface area contributed by atoms with Gasteiger partial charge < -0.3 is 10.2 Å². The third kappa shape index (κ3) is 5.04. The molecule has 0 bridgehead atoms. The number of anilines is 2. The minimum absolute atomic E-state index is 0.0135. The van der Waals surface area contributed by atoms with E-state index in [0.29, 0.717) is 6.07 Å². The van der Waals surface area contributed by atoms with Crippen LogP contribution in [-0.4, -0.2) is 25.2 Å². The molecule has 1 aromatic rings. The zero-order chi connectivity index (χ0) is 18.5. The van der Waals surface area contributed by atoms with E-state index in [1.807, 2.05) is 0 Å². The van der Waals surface area contributed by atoms with E-state index in [0.717, 1.165) is 12.1 Å². The molecule has 0 aliphatic heterocycles. The van der Waals surface area contributed by atoms with Gasteiger partial charge in [-0.2, -0.15) is 26.3 Å². The number of nitrogens with zero attached hydrogens (tertiary/aromatic N) is 1. The molecule has 0 spiro atoms. The molecule has 0 saturated carbocycles. The van der Waals surface area contributed by atoms with Gasteiger partial charge >= 0.3 is 18.3 Å². The van der Waals surface area contributed by atoms with Crippen molar-refractivity contribution < 1.29 is 31.1 Å². The second kappa shape index (κ2) is 7.41. The maximum Gasteiger partial charge on any atom is 0.471 e. The van der Waals surface area contributed by atoms with Crippen LogP contribution in [0.15, 0.2) is 43.5 Å². The lowest BCUT2D eigenvalue weighted by molar-refractivity contribution is -0.167. The SMILES string of the molecule is C=CCN(CC=C)c1ccc(C(F)(F)F)cc1NC(=O)C(F)(F)F. The maximum absolute atomic E-state index is 12.8. The average molecular weight is 352 g/mol. The Morgan fingerprint density at radius 3 is 2.04 bits per heavy atom. The third-order valence-electron chi connectivity index (χ3n) is 2.87. The Hall–Kier alpha value is -2.45. The fraction of sp³-hybridized carbons (Fsp3) is 0.267. The Labute approximate surface area is 134 Å². The fourth-order valence-corrected chi connectivity index (χ4v) is 1.86. The van der Waals surface area contributed by atoms with Crippen molar-refractivity contribution in [3.8, 4) is 0 Å². The van der Waals surface area contributed by atoms with Crippen molar-refractivity contribution in [1.29, 1.82) is 0 Å². The molecule has 1 rings (SSSR count). The summed E-state index contributed by atoms with van der Waals surface area (Å²) < 4.78 is 75.6. The van der Waals surface area contributed by atoms with Gasteiger partial charge in [-0.25, -0.2) is 0 Å². The quantitative estimate of drug-likeness (QED) is 0.609. The van der Waals surface area contributed by atoms with Crippen LogP contribution >= 0.6 is 0 Å². The molecule has 0 aliphatic rings. The Balaban J connectivity index is 3.38. The normalized spacial score (nSPS) is 11.8. The molecule has 1 amide bonds. The number of carbonyl (C=O) groups is 1. The van der Waals surface area contributed by atoms with E-state index in [2.05, 4.69) is 13.2 Å². The van der Waals surface area contributed by atoms with Gasteiger partial charge in [-0.1, -0.05) is 12.2 Å². The first-order chi connectivity index (χ1) is 11.0. The van der Waals surface area contributed by atoms with Gasteiger partial charge in [-0.15, -0.1) is 13.2 Å². The highest BCUT2D eigenvalue weighted by Gasteiger charge is 2.39. The zero-order valence-corrected chi connectivity index (χ0v) is 12.3. The van der Waals surface area contributed by atoms with E-state index in [9.17, 15) is 31.1 Å². The van der Waals surface area contributed by atoms with Crippen molar-refractivity contribution in [2.45, 2.75) is 12.4 Å². The van der Waals surface area contributed by atoms with Crippen LogP contribution in [0, 0.1) is 0 Å². The zero-order valence-electron chi connectivity index (χ0n) is 12.3. The van der Waals surface area contributed by atoms with Gasteiger partial charge in [0.05, 0.1) is 16.9 Å². The second-order valence-electron chi connectivity index (χ2n) is 4.66. The summed E-state index contributed by atoms with van der Waals surface area (Å²) >= 11 is 0. The first-order valence-electron chi connectivity index (χ1n) is 6.57. The molecular formula is C15H14F6N2O. The van der Waals surface area contributed by atoms with Crippen LogP contribution in [0.4, 0.5) is 37.7 Å². The van der Waals surface area contributed by atoms with Crippen LogP contribution in [0.3, 0.4) is 0 Å². The van der Waals surface area contributed by atoms with Crippen LogP contribution in [0.1, 0.15) is 5.56 Å². The summed E-state index contributed by atoms with van der Waals surface area (Å²) in [6.45, 7) is 7.21. The lowest BCUT2D eigenvalue weighted by atomic mass is 10.1. The van der Waals surface area contributed by atoms with Crippen molar-refractivity contribution in [1.82, 2.24) is 0 Å². The first-order valence-corrected chi connectivity index (χ1v) is 6.57. The van der Waals surface area contributed by atoms with Gasteiger partial charge in [-0.05, 0) is 18.2 Å². The van der Waals surface area contributed by atoms with Gasteiger partial charge in [0.1, 0.15) is 0 Å². The Bertz CT molecular complexity index is 611. The molecule has 1 N–H and O–H groups in total. The van der Waals surface area contributed by atoms with Crippen LogP contribution in [0.25, 0.3) is 0 Å². The minimum Gasteiger partial charge on any atom is -0.362 e. The summed E-state index contributed by atoms with van der Waals surface area (Å²) in [6, 6.07) is 2.16. The van der Waals surface area contributed by atoms with Crippen molar-refractivity contribution in [3.05, 3.63) is 49.1 Å². The molecular weight excluding hydrogens is 338 g/mol. The highest BCUT2D eigenvalue weighted by molar-refractivity contribution is 5.98.